The Kier molecular flexibility index (Phi) is 3.29. The molecule has 0 atom stereocenters. The SMILES string of the molecule is C=C(C)CNc1cccc(C(N)=O)c1. The predicted octanol–water partition coefficient (Wildman–Crippen LogP) is 1.77. The molecule has 0 radical (unpaired) electrons. The van der Waals surface area contributed by atoms with Gasteiger partial charge in [0.05, 0.1) is 0 Å². The van der Waals surface area contributed by atoms with Crippen molar-refractivity contribution in [2.24, 2.45) is 5.73 Å². The molecule has 1 aromatic rings. The summed E-state index contributed by atoms with van der Waals surface area (Å²) in [4.78, 5) is 10.9. The van der Waals surface area contributed by atoms with Gasteiger partial charge in [0.2, 0.25) is 5.91 Å². The Labute approximate surface area is 83.6 Å². The first-order chi connectivity index (χ1) is 6.59. The fraction of sp³-hybridized carbons (Fsp3) is 0.182. The van der Waals surface area contributed by atoms with Crippen LogP contribution in [0.4, 0.5) is 5.69 Å². The maximum Gasteiger partial charge on any atom is 0.248 e. The third-order valence-corrected chi connectivity index (χ3v) is 1.74. The lowest BCUT2D eigenvalue weighted by Gasteiger charge is -2.06. The smallest absolute Gasteiger partial charge is 0.248 e. The van der Waals surface area contributed by atoms with E-state index >= 15 is 0 Å². The molecule has 3 heteroatoms. The fourth-order valence-corrected chi connectivity index (χ4v) is 1.04. The van der Waals surface area contributed by atoms with Crippen molar-refractivity contribution in [2.45, 2.75) is 6.92 Å². The van der Waals surface area contributed by atoms with Gasteiger partial charge in [-0.05, 0) is 25.1 Å². The second kappa shape index (κ2) is 4.46. The van der Waals surface area contributed by atoms with Crippen molar-refractivity contribution < 1.29 is 4.79 Å². The summed E-state index contributed by atoms with van der Waals surface area (Å²) in [5, 5.41) is 3.13. The largest absolute Gasteiger partial charge is 0.381 e. The van der Waals surface area contributed by atoms with Gasteiger partial charge in [-0.3, -0.25) is 4.79 Å². The summed E-state index contributed by atoms with van der Waals surface area (Å²) in [6, 6.07) is 7.09. The summed E-state index contributed by atoms with van der Waals surface area (Å²) in [6.45, 7) is 6.41. The van der Waals surface area contributed by atoms with E-state index in [1.54, 1.807) is 18.2 Å². The maximum atomic E-state index is 10.9. The Hall–Kier alpha value is -1.77. The second-order valence-corrected chi connectivity index (χ2v) is 3.26. The van der Waals surface area contributed by atoms with E-state index in [1.165, 1.54) is 0 Å². The molecule has 0 aliphatic heterocycles. The van der Waals surface area contributed by atoms with Crippen molar-refractivity contribution >= 4 is 11.6 Å². The number of nitrogens with one attached hydrogen (secondary N) is 1. The molecule has 0 aliphatic carbocycles. The summed E-state index contributed by atoms with van der Waals surface area (Å²) in [7, 11) is 0. The van der Waals surface area contributed by atoms with Gasteiger partial charge in [-0.1, -0.05) is 18.2 Å². The molecule has 0 aliphatic rings. The quantitative estimate of drug-likeness (QED) is 0.711. The number of anilines is 1. The van der Waals surface area contributed by atoms with Crippen LogP contribution in [0.25, 0.3) is 0 Å². The molecule has 3 N–H and O–H groups in total. The summed E-state index contributed by atoms with van der Waals surface area (Å²) in [5.74, 6) is -0.413. The number of benzene rings is 1. The van der Waals surface area contributed by atoms with Gasteiger partial charge in [0, 0.05) is 17.8 Å². The van der Waals surface area contributed by atoms with Gasteiger partial charge >= 0.3 is 0 Å². The first-order valence-electron chi connectivity index (χ1n) is 4.37. The zero-order valence-corrected chi connectivity index (χ0v) is 8.21. The summed E-state index contributed by atoms with van der Waals surface area (Å²) in [6.07, 6.45) is 0. The highest BCUT2D eigenvalue weighted by atomic mass is 16.1. The van der Waals surface area contributed by atoms with E-state index < -0.39 is 5.91 Å². The summed E-state index contributed by atoms with van der Waals surface area (Å²) in [5.41, 5.74) is 7.58. The van der Waals surface area contributed by atoms with Crippen LogP contribution >= 0.6 is 0 Å². The van der Waals surface area contributed by atoms with Gasteiger partial charge in [-0.25, -0.2) is 0 Å². The van der Waals surface area contributed by atoms with E-state index in [0.717, 1.165) is 11.3 Å². The topological polar surface area (TPSA) is 55.1 Å². The van der Waals surface area contributed by atoms with E-state index in [1.807, 2.05) is 13.0 Å². The molecule has 0 bridgehead atoms. The van der Waals surface area contributed by atoms with Crippen molar-refractivity contribution in [2.75, 3.05) is 11.9 Å². The molecule has 3 nitrogen and oxygen atoms in total. The van der Waals surface area contributed by atoms with Crippen LogP contribution in [0.1, 0.15) is 17.3 Å². The molecule has 0 aromatic heterocycles. The number of primary amides is 1. The number of rotatable bonds is 4. The van der Waals surface area contributed by atoms with Crippen LogP contribution in [-0.2, 0) is 0 Å². The summed E-state index contributed by atoms with van der Waals surface area (Å²) < 4.78 is 0. The number of carbonyl (C=O) groups is 1. The van der Waals surface area contributed by atoms with Crippen molar-refractivity contribution in [3.8, 4) is 0 Å². The molecule has 1 aromatic carbocycles. The van der Waals surface area contributed by atoms with E-state index in [4.69, 9.17) is 5.73 Å². The van der Waals surface area contributed by atoms with Crippen molar-refractivity contribution in [1.82, 2.24) is 0 Å². The number of nitrogens with two attached hydrogens (primary N) is 1. The monoisotopic (exact) mass is 190 g/mol. The lowest BCUT2D eigenvalue weighted by Crippen LogP contribution is -2.11. The van der Waals surface area contributed by atoms with Gasteiger partial charge < -0.3 is 11.1 Å². The van der Waals surface area contributed by atoms with E-state index in [0.29, 0.717) is 12.1 Å². The van der Waals surface area contributed by atoms with E-state index in [2.05, 4.69) is 11.9 Å². The minimum absolute atomic E-state index is 0.413. The molecule has 0 saturated carbocycles. The van der Waals surface area contributed by atoms with Crippen LogP contribution in [0, 0.1) is 0 Å². The zero-order valence-electron chi connectivity index (χ0n) is 8.21. The second-order valence-electron chi connectivity index (χ2n) is 3.26. The molecular weight excluding hydrogens is 176 g/mol. The third-order valence-electron chi connectivity index (χ3n) is 1.74. The number of amides is 1. The average molecular weight is 190 g/mol. The van der Waals surface area contributed by atoms with Gasteiger partial charge in [0.1, 0.15) is 0 Å². The van der Waals surface area contributed by atoms with Crippen LogP contribution in [0.15, 0.2) is 36.4 Å². The van der Waals surface area contributed by atoms with Crippen LogP contribution in [0.3, 0.4) is 0 Å². The normalized spacial score (nSPS) is 9.50. The average Bonchev–Trinajstić information content (AvgIpc) is 2.15. The van der Waals surface area contributed by atoms with Gasteiger partial charge in [-0.15, -0.1) is 0 Å². The molecule has 0 unspecified atom stereocenters. The Morgan fingerprint density at radius 1 is 1.57 bits per heavy atom. The molecule has 0 fully saturated rings. The predicted molar refractivity (Wildman–Crippen MR) is 58.3 cm³/mol. The van der Waals surface area contributed by atoms with Crippen molar-refractivity contribution in [3.63, 3.8) is 0 Å². The number of carbonyl (C=O) groups excluding carboxylic acids is 1. The standard InChI is InChI=1S/C11H14N2O/c1-8(2)7-13-10-5-3-4-9(6-10)11(12)14/h3-6,13H,1,7H2,2H3,(H2,12,14). The van der Waals surface area contributed by atoms with Crippen LogP contribution < -0.4 is 11.1 Å². The molecule has 1 rings (SSSR count). The fourth-order valence-electron chi connectivity index (χ4n) is 1.04. The highest BCUT2D eigenvalue weighted by molar-refractivity contribution is 5.93. The highest BCUT2D eigenvalue weighted by Gasteiger charge is 2.00. The Morgan fingerprint density at radius 3 is 2.86 bits per heavy atom. The molecule has 0 spiro atoms. The Balaban J connectivity index is 2.73. The molecular formula is C11H14N2O. The van der Waals surface area contributed by atoms with Gasteiger partial charge in [0.25, 0.3) is 0 Å². The van der Waals surface area contributed by atoms with Crippen LogP contribution in [-0.4, -0.2) is 12.5 Å². The van der Waals surface area contributed by atoms with E-state index in [-0.39, 0.29) is 0 Å². The third kappa shape index (κ3) is 2.94. The first kappa shape index (κ1) is 10.3. The lowest BCUT2D eigenvalue weighted by molar-refractivity contribution is 0.100. The van der Waals surface area contributed by atoms with E-state index in [9.17, 15) is 4.79 Å². The zero-order chi connectivity index (χ0) is 10.6. The molecule has 1 amide bonds. The first-order valence-corrected chi connectivity index (χ1v) is 4.37. The Bertz CT molecular complexity index is 358. The lowest BCUT2D eigenvalue weighted by atomic mass is 10.2. The minimum Gasteiger partial charge on any atom is -0.381 e. The Morgan fingerprint density at radius 2 is 2.29 bits per heavy atom. The number of hydrogen-bond acceptors (Lipinski definition) is 2. The minimum atomic E-state index is -0.413. The van der Waals surface area contributed by atoms with Crippen LogP contribution in [0.2, 0.25) is 0 Å². The van der Waals surface area contributed by atoms with Gasteiger partial charge in [-0.2, -0.15) is 0 Å². The number of hydrogen-bond donors (Lipinski definition) is 2. The molecule has 0 heterocycles. The van der Waals surface area contributed by atoms with Gasteiger partial charge in [0.15, 0.2) is 0 Å². The molecule has 0 saturated heterocycles. The molecule has 74 valence electrons. The highest BCUT2D eigenvalue weighted by Crippen LogP contribution is 2.10. The van der Waals surface area contributed by atoms with Crippen molar-refractivity contribution in [3.05, 3.63) is 42.0 Å². The van der Waals surface area contributed by atoms with Crippen molar-refractivity contribution in [1.29, 1.82) is 0 Å². The molecule has 14 heavy (non-hydrogen) atoms. The summed E-state index contributed by atoms with van der Waals surface area (Å²) >= 11 is 0. The van der Waals surface area contributed by atoms with Crippen LogP contribution in [0.5, 0.6) is 0 Å². The maximum absolute atomic E-state index is 10.9.